The zero-order valence-corrected chi connectivity index (χ0v) is 12.7. The van der Waals surface area contributed by atoms with Crippen molar-refractivity contribution in [2.24, 2.45) is 0 Å². The first-order valence-corrected chi connectivity index (χ1v) is 7.68. The van der Waals surface area contributed by atoms with E-state index in [1.165, 1.54) is 6.07 Å². The molecule has 2 N–H and O–H groups in total. The topological polar surface area (TPSA) is 52.6 Å². The smallest absolute Gasteiger partial charge is 0.335 e. The van der Waals surface area contributed by atoms with Gasteiger partial charge in [0.1, 0.15) is 5.82 Å². The average molecular weight is 314 g/mol. The summed E-state index contributed by atoms with van der Waals surface area (Å²) in [6.07, 6.45) is 0.960. The fourth-order valence-corrected chi connectivity index (χ4v) is 2.88. The number of anilines is 1. The third kappa shape index (κ3) is 3.68. The second kappa shape index (κ2) is 6.79. The summed E-state index contributed by atoms with van der Waals surface area (Å²) in [5, 5.41) is 12.3. The van der Waals surface area contributed by atoms with Crippen molar-refractivity contribution in [3.63, 3.8) is 0 Å². The van der Waals surface area contributed by atoms with E-state index in [1.807, 2.05) is 24.3 Å². The maximum atomic E-state index is 13.8. The van der Waals surface area contributed by atoms with Crippen LogP contribution in [0.25, 0.3) is 0 Å². The summed E-state index contributed by atoms with van der Waals surface area (Å²) in [7, 11) is 0. The Hall–Kier alpha value is -2.40. The molecule has 1 saturated heterocycles. The van der Waals surface area contributed by atoms with Gasteiger partial charge in [0.15, 0.2) is 0 Å². The largest absolute Gasteiger partial charge is 0.478 e. The van der Waals surface area contributed by atoms with Gasteiger partial charge in [-0.1, -0.05) is 24.3 Å². The van der Waals surface area contributed by atoms with E-state index in [0.717, 1.165) is 25.1 Å². The lowest BCUT2D eigenvalue weighted by Crippen LogP contribution is -2.32. The van der Waals surface area contributed by atoms with E-state index in [9.17, 15) is 9.18 Å². The number of para-hydroxylation sites is 1. The first-order chi connectivity index (χ1) is 11.1. The van der Waals surface area contributed by atoms with Crippen molar-refractivity contribution in [1.29, 1.82) is 0 Å². The van der Waals surface area contributed by atoms with Crippen LogP contribution in [0.1, 0.15) is 22.3 Å². The SMILES string of the molecule is O=C(O)c1ccc(CNC2CCN(c3ccccc3F)C2)cc1. The van der Waals surface area contributed by atoms with E-state index in [1.54, 1.807) is 18.2 Å². The van der Waals surface area contributed by atoms with Crippen molar-refractivity contribution in [1.82, 2.24) is 5.32 Å². The molecule has 0 bridgehead atoms. The molecule has 3 rings (SSSR count). The van der Waals surface area contributed by atoms with E-state index in [-0.39, 0.29) is 5.82 Å². The summed E-state index contributed by atoms with van der Waals surface area (Å²) in [4.78, 5) is 12.9. The lowest BCUT2D eigenvalue weighted by molar-refractivity contribution is 0.0697. The van der Waals surface area contributed by atoms with E-state index in [4.69, 9.17) is 5.11 Å². The highest BCUT2D eigenvalue weighted by molar-refractivity contribution is 5.87. The predicted octanol–water partition coefficient (Wildman–Crippen LogP) is 2.89. The van der Waals surface area contributed by atoms with E-state index < -0.39 is 5.97 Å². The Labute approximate surface area is 134 Å². The average Bonchev–Trinajstić information content (AvgIpc) is 3.02. The van der Waals surface area contributed by atoms with Gasteiger partial charge in [-0.2, -0.15) is 0 Å². The highest BCUT2D eigenvalue weighted by Gasteiger charge is 2.23. The van der Waals surface area contributed by atoms with Gasteiger partial charge in [-0.15, -0.1) is 0 Å². The minimum Gasteiger partial charge on any atom is -0.478 e. The molecule has 5 heteroatoms. The molecule has 1 fully saturated rings. The third-order valence-corrected chi connectivity index (χ3v) is 4.18. The fraction of sp³-hybridized carbons (Fsp3) is 0.278. The van der Waals surface area contributed by atoms with Crippen LogP contribution in [-0.2, 0) is 6.54 Å². The number of hydrogen-bond acceptors (Lipinski definition) is 3. The number of benzene rings is 2. The van der Waals surface area contributed by atoms with E-state index in [0.29, 0.717) is 23.8 Å². The van der Waals surface area contributed by atoms with Crippen molar-refractivity contribution in [2.45, 2.75) is 19.0 Å². The number of rotatable bonds is 5. The molecular weight excluding hydrogens is 295 g/mol. The molecule has 2 aromatic carbocycles. The summed E-state index contributed by atoms with van der Waals surface area (Å²) in [6, 6.07) is 14.0. The lowest BCUT2D eigenvalue weighted by atomic mass is 10.1. The molecule has 23 heavy (non-hydrogen) atoms. The first kappa shape index (κ1) is 15.5. The molecule has 1 unspecified atom stereocenters. The molecule has 0 aliphatic carbocycles. The van der Waals surface area contributed by atoms with Gasteiger partial charge in [-0.05, 0) is 36.2 Å². The summed E-state index contributed by atoms with van der Waals surface area (Å²) in [6.45, 7) is 2.28. The number of nitrogens with zero attached hydrogens (tertiary/aromatic N) is 1. The van der Waals surface area contributed by atoms with Crippen LogP contribution in [0.5, 0.6) is 0 Å². The maximum absolute atomic E-state index is 13.8. The highest BCUT2D eigenvalue weighted by atomic mass is 19.1. The number of hydrogen-bond donors (Lipinski definition) is 2. The lowest BCUT2D eigenvalue weighted by Gasteiger charge is -2.19. The number of carbonyl (C=O) groups is 1. The Morgan fingerprint density at radius 1 is 1.22 bits per heavy atom. The molecule has 0 aromatic heterocycles. The minimum absolute atomic E-state index is 0.183. The molecule has 0 amide bonds. The first-order valence-electron chi connectivity index (χ1n) is 7.68. The van der Waals surface area contributed by atoms with Crippen LogP contribution in [0.15, 0.2) is 48.5 Å². The molecule has 120 valence electrons. The number of carboxylic acid groups (broad SMARTS) is 1. The number of halogens is 1. The van der Waals surface area contributed by atoms with Crippen LogP contribution in [0.3, 0.4) is 0 Å². The van der Waals surface area contributed by atoms with Crippen LogP contribution in [-0.4, -0.2) is 30.2 Å². The Balaban J connectivity index is 1.54. The third-order valence-electron chi connectivity index (χ3n) is 4.18. The van der Waals surface area contributed by atoms with Crippen molar-refractivity contribution >= 4 is 11.7 Å². The Bertz CT molecular complexity index is 688. The van der Waals surface area contributed by atoms with E-state index in [2.05, 4.69) is 10.2 Å². The molecule has 1 heterocycles. The minimum atomic E-state index is -0.916. The quantitative estimate of drug-likeness (QED) is 0.891. The van der Waals surface area contributed by atoms with E-state index >= 15 is 0 Å². The fourth-order valence-electron chi connectivity index (χ4n) is 2.88. The van der Waals surface area contributed by atoms with Gasteiger partial charge in [0.05, 0.1) is 11.3 Å². The second-order valence-electron chi connectivity index (χ2n) is 5.77. The van der Waals surface area contributed by atoms with Gasteiger partial charge >= 0.3 is 5.97 Å². The molecule has 0 radical (unpaired) electrons. The molecular formula is C18H19FN2O2. The molecule has 1 aliphatic heterocycles. The van der Waals surface area contributed by atoms with Gasteiger partial charge in [0.2, 0.25) is 0 Å². The molecule has 0 saturated carbocycles. The number of carboxylic acids is 1. The summed E-state index contributed by atoms with van der Waals surface area (Å²) in [5.74, 6) is -1.10. The normalized spacial score (nSPS) is 17.4. The number of nitrogens with one attached hydrogen (secondary N) is 1. The molecule has 2 aromatic rings. The van der Waals surface area contributed by atoms with Gasteiger partial charge < -0.3 is 15.3 Å². The Kier molecular flexibility index (Phi) is 4.57. The standard InChI is InChI=1S/C18H19FN2O2/c19-16-3-1-2-4-17(16)21-10-9-15(12-21)20-11-13-5-7-14(8-6-13)18(22)23/h1-8,15,20H,9-12H2,(H,22,23). The summed E-state index contributed by atoms with van der Waals surface area (Å²) in [5.41, 5.74) is 1.99. The van der Waals surface area contributed by atoms with Crippen LogP contribution in [0.2, 0.25) is 0 Å². The molecule has 1 aliphatic rings. The molecule has 0 spiro atoms. The maximum Gasteiger partial charge on any atom is 0.335 e. The van der Waals surface area contributed by atoms with Crippen molar-refractivity contribution in [3.8, 4) is 0 Å². The Morgan fingerprint density at radius 3 is 2.65 bits per heavy atom. The predicted molar refractivity (Wildman–Crippen MR) is 87.3 cm³/mol. The van der Waals surface area contributed by atoms with Gasteiger partial charge in [-0.3, -0.25) is 0 Å². The van der Waals surface area contributed by atoms with Crippen molar-refractivity contribution in [2.75, 3.05) is 18.0 Å². The summed E-state index contributed by atoms with van der Waals surface area (Å²) >= 11 is 0. The van der Waals surface area contributed by atoms with Crippen LogP contribution in [0, 0.1) is 5.82 Å². The van der Waals surface area contributed by atoms with Gasteiger partial charge in [0, 0.05) is 25.7 Å². The molecule has 1 atom stereocenters. The zero-order chi connectivity index (χ0) is 16.2. The van der Waals surface area contributed by atoms with Crippen LogP contribution in [0.4, 0.5) is 10.1 Å². The Morgan fingerprint density at radius 2 is 1.96 bits per heavy atom. The van der Waals surface area contributed by atoms with Gasteiger partial charge in [0.25, 0.3) is 0 Å². The van der Waals surface area contributed by atoms with Crippen LogP contribution >= 0.6 is 0 Å². The van der Waals surface area contributed by atoms with Crippen LogP contribution < -0.4 is 10.2 Å². The highest BCUT2D eigenvalue weighted by Crippen LogP contribution is 2.23. The second-order valence-corrected chi connectivity index (χ2v) is 5.77. The van der Waals surface area contributed by atoms with Crippen molar-refractivity contribution < 1.29 is 14.3 Å². The monoisotopic (exact) mass is 314 g/mol. The van der Waals surface area contributed by atoms with Gasteiger partial charge in [-0.25, -0.2) is 9.18 Å². The summed E-state index contributed by atoms with van der Waals surface area (Å²) < 4.78 is 13.8. The van der Waals surface area contributed by atoms with Crippen molar-refractivity contribution in [3.05, 3.63) is 65.5 Å². The number of aromatic carboxylic acids is 1. The zero-order valence-electron chi connectivity index (χ0n) is 12.7. The molecule has 4 nitrogen and oxygen atoms in total.